The van der Waals surface area contributed by atoms with Crippen molar-refractivity contribution in [2.75, 3.05) is 46.6 Å². The summed E-state index contributed by atoms with van der Waals surface area (Å²) in [7, 11) is 1.30. The number of amides is 2. The van der Waals surface area contributed by atoms with E-state index >= 15 is 0 Å². The Morgan fingerprint density at radius 2 is 1.76 bits per heavy atom. The summed E-state index contributed by atoms with van der Waals surface area (Å²) in [6, 6.07) is 5.05. The fourth-order valence-electron chi connectivity index (χ4n) is 3.62. The molecule has 0 aromatic heterocycles. The summed E-state index contributed by atoms with van der Waals surface area (Å²) in [5, 5.41) is 14.4. The number of aliphatic hydroxyl groups excluding tert-OH is 1. The van der Waals surface area contributed by atoms with Crippen molar-refractivity contribution in [1.82, 2.24) is 15.5 Å². The molecule has 34 heavy (non-hydrogen) atoms. The number of rotatable bonds is 10. The number of nitrogens with one attached hydrogen (secondary N) is 2. The maximum atomic E-state index is 12.6. The van der Waals surface area contributed by atoms with Gasteiger partial charge in [-0.05, 0) is 57.4 Å². The minimum atomic E-state index is -0.536. The van der Waals surface area contributed by atoms with Crippen LogP contribution < -0.4 is 10.6 Å². The van der Waals surface area contributed by atoms with E-state index in [9.17, 15) is 14.4 Å². The molecule has 2 rings (SSSR count). The monoisotopic (exact) mass is 479 g/mol. The van der Waals surface area contributed by atoms with Crippen LogP contribution in [0.1, 0.15) is 59.9 Å². The quantitative estimate of drug-likeness (QED) is 0.342. The minimum absolute atomic E-state index is 0.0434. The molecule has 0 atom stereocenters. The number of hydrogen-bond acceptors (Lipinski definition) is 8. The van der Waals surface area contributed by atoms with Gasteiger partial charge in [-0.3, -0.25) is 9.69 Å². The molecule has 0 bridgehead atoms. The molecule has 0 unspecified atom stereocenters. The summed E-state index contributed by atoms with van der Waals surface area (Å²) in [5.74, 6) is -0.831. The number of aliphatic hydroxyl groups is 1. The average Bonchev–Trinajstić information content (AvgIpc) is 2.78. The minimum Gasteiger partial charge on any atom is -0.465 e. The maximum absolute atomic E-state index is 12.6. The van der Waals surface area contributed by atoms with Gasteiger partial charge in [0.2, 0.25) is 0 Å². The number of alkyl carbamates (subject to hydrolysis) is 1. The number of hydrogen-bond donors (Lipinski definition) is 3. The Morgan fingerprint density at radius 3 is 2.38 bits per heavy atom. The van der Waals surface area contributed by atoms with E-state index in [1.165, 1.54) is 13.2 Å². The van der Waals surface area contributed by atoms with Gasteiger partial charge in [0.15, 0.2) is 0 Å². The molecule has 0 radical (unpaired) electrons. The number of piperidine rings is 1. The lowest BCUT2D eigenvalue weighted by atomic mass is 10.0. The summed E-state index contributed by atoms with van der Waals surface area (Å²) >= 11 is 0. The van der Waals surface area contributed by atoms with Gasteiger partial charge in [0.1, 0.15) is 5.60 Å². The van der Waals surface area contributed by atoms with Crippen molar-refractivity contribution in [3.05, 3.63) is 34.9 Å². The SMILES string of the molecule is COC(=O)c1cc(CN2CCC(NC(=O)OC(C)(C)C)CC2)cc(C(=O)NCCOCCO)c1. The topological polar surface area (TPSA) is 126 Å². The number of methoxy groups -OCH3 is 1. The van der Waals surface area contributed by atoms with Crippen molar-refractivity contribution >= 4 is 18.0 Å². The molecule has 10 heteroatoms. The third-order valence-corrected chi connectivity index (χ3v) is 5.16. The lowest BCUT2D eigenvalue weighted by molar-refractivity contribution is 0.0476. The van der Waals surface area contributed by atoms with Gasteiger partial charge in [-0.15, -0.1) is 0 Å². The van der Waals surface area contributed by atoms with Crippen molar-refractivity contribution in [2.45, 2.75) is 51.8 Å². The van der Waals surface area contributed by atoms with Crippen molar-refractivity contribution in [2.24, 2.45) is 0 Å². The molecule has 190 valence electrons. The van der Waals surface area contributed by atoms with Gasteiger partial charge in [0.05, 0.1) is 32.5 Å². The van der Waals surface area contributed by atoms with E-state index in [0.29, 0.717) is 17.7 Å². The van der Waals surface area contributed by atoms with Crippen molar-refractivity contribution in [1.29, 1.82) is 0 Å². The van der Waals surface area contributed by atoms with Crippen LogP contribution in [-0.2, 0) is 20.8 Å². The standard InChI is InChI=1S/C24H37N3O7/c1-24(2,3)34-23(31)26-20-5-8-27(9-6-20)16-17-13-18(15-19(14-17)22(30)32-4)21(29)25-7-11-33-12-10-28/h13-15,20,28H,5-12,16H2,1-4H3,(H,25,29)(H,26,31). The van der Waals surface area contributed by atoms with E-state index in [4.69, 9.17) is 19.3 Å². The van der Waals surface area contributed by atoms with Crippen LogP contribution in [0.4, 0.5) is 4.79 Å². The van der Waals surface area contributed by atoms with Crippen LogP contribution in [0, 0.1) is 0 Å². The third-order valence-electron chi connectivity index (χ3n) is 5.16. The molecule has 0 spiro atoms. The van der Waals surface area contributed by atoms with Gasteiger partial charge in [0, 0.05) is 37.8 Å². The number of carbonyl (C=O) groups is 3. The van der Waals surface area contributed by atoms with Gasteiger partial charge < -0.3 is 30.0 Å². The second-order valence-electron chi connectivity index (χ2n) is 9.20. The van der Waals surface area contributed by atoms with Crippen LogP contribution in [0.25, 0.3) is 0 Å². The summed E-state index contributed by atoms with van der Waals surface area (Å²) in [4.78, 5) is 39.0. The Labute approximate surface area is 200 Å². The molecular formula is C24H37N3O7. The summed E-state index contributed by atoms with van der Waals surface area (Å²) in [5.41, 5.74) is 0.958. The van der Waals surface area contributed by atoms with E-state index in [2.05, 4.69) is 15.5 Å². The first-order valence-electron chi connectivity index (χ1n) is 11.5. The zero-order chi connectivity index (χ0) is 25.1. The molecule has 1 aromatic rings. The van der Waals surface area contributed by atoms with Crippen molar-refractivity contribution < 1.29 is 33.7 Å². The molecule has 1 aliphatic heterocycles. The van der Waals surface area contributed by atoms with Crippen LogP contribution >= 0.6 is 0 Å². The molecule has 1 fully saturated rings. The molecule has 0 saturated carbocycles. The Balaban J connectivity index is 1.96. The average molecular weight is 480 g/mol. The van der Waals surface area contributed by atoms with Gasteiger partial charge >= 0.3 is 12.1 Å². The predicted molar refractivity (Wildman–Crippen MR) is 126 cm³/mol. The predicted octanol–water partition coefficient (Wildman–Crippen LogP) is 1.70. The van der Waals surface area contributed by atoms with E-state index in [1.54, 1.807) is 12.1 Å². The molecule has 1 saturated heterocycles. The molecule has 1 aromatic carbocycles. The van der Waals surface area contributed by atoms with Crippen LogP contribution in [0.5, 0.6) is 0 Å². The molecule has 10 nitrogen and oxygen atoms in total. The zero-order valence-electron chi connectivity index (χ0n) is 20.5. The number of benzene rings is 1. The molecule has 0 aliphatic carbocycles. The number of likely N-dealkylation sites (tertiary alicyclic amines) is 1. The normalized spacial score (nSPS) is 15.0. The van der Waals surface area contributed by atoms with Crippen LogP contribution in [-0.4, -0.2) is 86.2 Å². The Bertz CT molecular complexity index is 830. The summed E-state index contributed by atoms with van der Waals surface area (Å²) < 4.78 is 15.3. The smallest absolute Gasteiger partial charge is 0.407 e. The van der Waals surface area contributed by atoms with Gasteiger partial charge in [-0.1, -0.05) is 0 Å². The second-order valence-corrected chi connectivity index (χ2v) is 9.20. The first kappa shape index (κ1) is 27.6. The van der Waals surface area contributed by atoms with Gasteiger partial charge in [0.25, 0.3) is 5.91 Å². The molecule has 3 N–H and O–H groups in total. The molecule has 1 aliphatic rings. The number of nitrogens with zero attached hydrogens (tertiary/aromatic N) is 1. The number of carbonyl (C=O) groups excluding carboxylic acids is 3. The van der Waals surface area contributed by atoms with Gasteiger partial charge in [-0.25, -0.2) is 9.59 Å². The molecule has 1 heterocycles. The van der Waals surface area contributed by atoms with Crippen LogP contribution in [0.3, 0.4) is 0 Å². The van der Waals surface area contributed by atoms with E-state index < -0.39 is 17.7 Å². The van der Waals surface area contributed by atoms with Gasteiger partial charge in [-0.2, -0.15) is 0 Å². The largest absolute Gasteiger partial charge is 0.465 e. The number of ether oxygens (including phenoxy) is 3. The van der Waals surface area contributed by atoms with Crippen LogP contribution in [0.2, 0.25) is 0 Å². The van der Waals surface area contributed by atoms with E-state index in [-0.39, 0.29) is 38.3 Å². The first-order chi connectivity index (χ1) is 16.1. The zero-order valence-corrected chi connectivity index (χ0v) is 20.5. The summed E-state index contributed by atoms with van der Waals surface area (Å²) in [6.45, 7) is 8.26. The van der Waals surface area contributed by atoms with E-state index in [1.807, 2.05) is 20.8 Å². The summed E-state index contributed by atoms with van der Waals surface area (Å²) in [6.07, 6.45) is 1.14. The Kier molecular flexibility index (Phi) is 10.7. The fourth-order valence-corrected chi connectivity index (χ4v) is 3.62. The highest BCUT2D eigenvalue weighted by Crippen LogP contribution is 2.18. The van der Waals surface area contributed by atoms with E-state index in [0.717, 1.165) is 31.5 Å². The molecular weight excluding hydrogens is 442 g/mol. The lowest BCUT2D eigenvalue weighted by Gasteiger charge is -2.33. The third kappa shape index (κ3) is 9.66. The first-order valence-corrected chi connectivity index (χ1v) is 11.5. The van der Waals surface area contributed by atoms with Crippen LogP contribution in [0.15, 0.2) is 18.2 Å². The second kappa shape index (κ2) is 13.3. The highest BCUT2D eigenvalue weighted by atomic mass is 16.6. The Hall–Kier alpha value is -2.69. The highest BCUT2D eigenvalue weighted by Gasteiger charge is 2.24. The lowest BCUT2D eigenvalue weighted by Crippen LogP contribution is -2.45. The highest BCUT2D eigenvalue weighted by molar-refractivity contribution is 5.98. The number of esters is 1. The Morgan fingerprint density at radius 1 is 1.09 bits per heavy atom. The van der Waals surface area contributed by atoms with Crippen molar-refractivity contribution in [3.8, 4) is 0 Å². The van der Waals surface area contributed by atoms with Crippen molar-refractivity contribution in [3.63, 3.8) is 0 Å². The molecule has 2 amide bonds. The fraction of sp³-hybridized carbons (Fsp3) is 0.625. The maximum Gasteiger partial charge on any atom is 0.407 e.